The number of nitriles is 3. The minimum absolute atomic E-state index is 0.170. The van der Waals surface area contributed by atoms with Crippen LogP contribution < -0.4 is 0 Å². The molecule has 2 heterocycles. The number of hydrogen-bond acceptors (Lipinski definition) is 3. The van der Waals surface area contributed by atoms with Crippen LogP contribution >= 0.6 is 0 Å². The summed E-state index contributed by atoms with van der Waals surface area (Å²) < 4.78 is 4.51. The van der Waals surface area contributed by atoms with E-state index in [9.17, 15) is 15.8 Å². The van der Waals surface area contributed by atoms with E-state index in [1.807, 2.05) is 60.7 Å². The van der Waals surface area contributed by atoms with E-state index in [-0.39, 0.29) is 5.92 Å². The molecule has 0 bridgehead atoms. The SMILES string of the molecule is N#Cc1ccc2c(c1)c1ccccc1n2-c1cccc(-c2cccc(-c3c(C#N)cccc3-n3c4c(c5ccccc53)CC(C#N)C=C4)c2)c1. The van der Waals surface area contributed by atoms with Crippen molar-refractivity contribution in [1.82, 2.24) is 9.13 Å². The van der Waals surface area contributed by atoms with E-state index in [0.717, 1.165) is 77.6 Å². The minimum atomic E-state index is -0.170. The number of nitrogens with zero attached hydrogens (tertiary/aromatic N) is 5. The van der Waals surface area contributed by atoms with Crippen LogP contribution in [0.5, 0.6) is 0 Å². The Labute approximate surface area is 289 Å². The van der Waals surface area contributed by atoms with Gasteiger partial charge in [0.1, 0.15) is 0 Å². The van der Waals surface area contributed by atoms with E-state index in [2.05, 4.69) is 112 Å². The van der Waals surface area contributed by atoms with Crippen molar-refractivity contribution in [2.24, 2.45) is 5.92 Å². The average molecular weight is 638 g/mol. The molecule has 0 spiro atoms. The molecule has 50 heavy (non-hydrogen) atoms. The maximum Gasteiger partial charge on any atom is 0.0998 e. The van der Waals surface area contributed by atoms with Crippen molar-refractivity contribution in [3.63, 3.8) is 0 Å². The van der Waals surface area contributed by atoms with Gasteiger partial charge >= 0.3 is 0 Å². The van der Waals surface area contributed by atoms with Crippen LogP contribution in [0.1, 0.15) is 22.4 Å². The van der Waals surface area contributed by atoms with E-state index >= 15 is 0 Å². The summed E-state index contributed by atoms with van der Waals surface area (Å²) in [5, 5.41) is 33.0. The molecule has 0 N–H and O–H groups in total. The molecule has 8 aromatic rings. The maximum absolute atomic E-state index is 10.4. The van der Waals surface area contributed by atoms with Crippen molar-refractivity contribution in [2.75, 3.05) is 0 Å². The second-order valence-corrected chi connectivity index (χ2v) is 12.7. The molecule has 0 saturated heterocycles. The predicted molar refractivity (Wildman–Crippen MR) is 200 cm³/mol. The zero-order valence-corrected chi connectivity index (χ0v) is 26.9. The highest BCUT2D eigenvalue weighted by atomic mass is 15.0. The van der Waals surface area contributed by atoms with Gasteiger partial charge in [-0.2, -0.15) is 15.8 Å². The van der Waals surface area contributed by atoms with E-state index in [1.165, 1.54) is 0 Å². The third-order valence-electron chi connectivity index (χ3n) is 9.89. The van der Waals surface area contributed by atoms with Crippen LogP contribution in [0.4, 0.5) is 0 Å². The Hall–Kier alpha value is -7.13. The van der Waals surface area contributed by atoms with Crippen LogP contribution in [-0.4, -0.2) is 9.13 Å². The van der Waals surface area contributed by atoms with Gasteiger partial charge in [0, 0.05) is 33.1 Å². The zero-order chi connectivity index (χ0) is 33.8. The van der Waals surface area contributed by atoms with Gasteiger partial charge in [0.15, 0.2) is 0 Å². The molecule has 0 amide bonds. The summed E-state index contributed by atoms with van der Waals surface area (Å²) in [6.07, 6.45) is 4.70. The minimum Gasteiger partial charge on any atom is -0.309 e. The summed E-state index contributed by atoms with van der Waals surface area (Å²) in [4.78, 5) is 0. The molecule has 5 heteroatoms. The first-order valence-electron chi connectivity index (χ1n) is 16.5. The molecule has 0 radical (unpaired) electrons. The van der Waals surface area contributed by atoms with Crippen molar-refractivity contribution >= 4 is 38.8 Å². The highest BCUT2D eigenvalue weighted by molar-refractivity contribution is 6.09. The molecule has 1 aliphatic rings. The summed E-state index contributed by atoms with van der Waals surface area (Å²) >= 11 is 0. The van der Waals surface area contributed by atoms with Crippen molar-refractivity contribution in [1.29, 1.82) is 15.8 Å². The Bertz CT molecular complexity index is 2840. The molecule has 2 aromatic heterocycles. The number of allylic oxidation sites excluding steroid dienone is 1. The van der Waals surface area contributed by atoms with Crippen LogP contribution in [-0.2, 0) is 6.42 Å². The van der Waals surface area contributed by atoms with Gasteiger partial charge in [-0.1, -0.05) is 78.9 Å². The number of para-hydroxylation sites is 2. The Morgan fingerprint density at radius 2 is 1.26 bits per heavy atom. The molecular weight excluding hydrogens is 611 g/mol. The van der Waals surface area contributed by atoms with E-state index in [1.54, 1.807) is 0 Å². The predicted octanol–water partition coefficient (Wildman–Crippen LogP) is 10.5. The molecule has 0 aliphatic heterocycles. The fourth-order valence-electron chi connectivity index (χ4n) is 7.68. The van der Waals surface area contributed by atoms with Crippen molar-refractivity contribution < 1.29 is 0 Å². The average Bonchev–Trinajstić information content (AvgIpc) is 3.69. The molecule has 232 valence electrons. The first kappa shape index (κ1) is 29.0. The first-order chi connectivity index (χ1) is 24.7. The van der Waals surface area contributed by atoms with Crippen LogP contribution in [0.3, 0.4) is 0 Å². The van der Waals surface area contributed by atoms with Crippen molar-refractivity contribution in [2.45, 2.75) is 6.42 Å². The Morgan fingerprint density at radius 3 is 2.06 bits per heavy atom. The van der Waals surface area contributed by atoms with Crippen LogP contribution in [0.2, 0.25) is 0 Å². The normalized spacial score (nSPS) is 13.6. The van der Waals surface area contributed by atoms with Crippen molar-refractivity contribution in [3.05, 3.63) is 162 Å². The van der Waals surface area contributed by atoms with E-state index < -0.39 is 0 Å². The molecule has 1 unspecified atom stereocenters. The lowest BCUT2D eigenvalue weighted by molar-refractivity contribution is 0.809. The summed E-state index contributed by atoms with van der Waals surface area (Å²) in [5.41, 5.74) is 12.4. The highest BCUT2D eigenvalue weighted by Crippen LogP contribution is 2.40. The van der Waals surface area contributed by atoms with Gasteiger partial charge < -0.3 is 9.13 Å². The van der Waals surface area contributed by atoms with Gasteiger partial charge in [-0.15, -0.1) is 0 Å². The number of rotatable bonds is 4. The third kappa shape index (κ3) is 4.45. The van der Waals surface area contributed by atoms with Gasteiger partial charge in [0.2, 0.25) is 0 Å². The molecule has 6 aromatic carbocycles. The lowest BCUT2D eigenvalue weighted by Crippen LogP contribution is -2.07. The van der Waals surface area contributed by atoms with Crippen molar-refractivity contribution in [3.8, 4) is 51.8 Å². The monoisotopic (exact) mass is 637 g/mol. The standard InChI is InChI=1S/C45H27N5/c46-26-29-18-20-42-38(22-29)36-13-1-3-15-40(36)49(42)35-12-6-9-32(25-35)31-8-5-10-33(24-31)45-34(28-48)11-7-17-44(45)50-41-16-4-2-14-37(41)39-23-30(27-47)19-21-43(39)50/h1-22,24-25,30H,23H2. The van der Waals surface area contributed by atoms with Crippen LogP contribution in [0, 0.1) is 39.9 Å². The van der Waals surface area contributed by atoms with Gasteiger partial charge in [-0.05, 0) is 95.4 Å². The summed E-state index contributed by atoms with van der Waals surface area (Å²) in [6, 6.07) is 52.5. The number of aromatic nitrogens is 2. The third-order valence-corrected chi connectivity index (χ3v) is 9.89. The fourth-order valence-corrected chi connectivity index (χ4v) is 7.68. The maximum atomic E-state index is 10.4. The van der Waals surface area contributed by atoms with E-state index in [0.29, 0.717) is 17.5 Å². The molecule has 1 atom stereocenters. The highest BCUT2D eigenvalue weighted by Gasteiger charge is 2.25. The Morgan fingerprint density at radius 1 is 0.560 bits per heavy atom. The number of benzene rings is 6. The largest absolute Gasteiger partial charge is 0.309 e. The Balaban J connectivity index is 1.21. The number of hydrogen-bond donors (Lipinski definition) is 0. The van der Waals surface area contributed by atoms with Gasteiger partial charge in [0.05, 0.1) is 57.5 Å². The lowest BCUT2D eigenvalue weighted by atomic mass is 9.92. The van der Waals surface area contributed by atoms with Gasteiger partial charge in [0.25, 0.3) is 0 Å². The molecular formula is C45H27N5. The lowest BCUT2D eigenvalue weighted by Gasteiger charge is -2.19. The van der Waals surface area contributed by atoms with Gasteiger partial charge in [-0.3, -0.25) is 0 Å². The van der Waals surface area contributed by atoms with Crippen LogP contribution in [0.25, 0.3) is 72.4 Å². The second-order valence-electron chi connectivity index (χ2n) is 12.7. The smallest absolute Gasteiger partial charge is 0.0998 e. The molecule has 0 saturated carbocycles. The molecule has 5 nitrogen and oxygen atoms in total. The topological polar surface area (TPSA) is 81.2 Å². The van der Waals surface area contributed by atoms with Gasteiger partial charge in [-0.25, -0.2) is 0 Å². The van der Waals surface area contributed by atoms with Crippen LogP contribution in [0.15, 0.2) is 140 Å². The molecule has 9 rings (SSSR count). The fraction of sp³-hybridized carbons (Fsp3) is 0.0444. The van der Waals surface area contributed by atoms with E-state index in [4.69, 9.17) is 0 Å². The second kappa shape index (κ2) is 11.5. The first-order valence-corrected chi connectivity index (χ1v) is 16.5. The quantitative estimate of drug-likeness (QED) is 0.193. The molecule has 0 fully saturated rings. The number of fused-ring (bicyclic) bond motifs is 6. The summed E-state index contributed by atoms with van der Waals surface area (Å²) in [5.74, 6) is -0.170. The summed E-state index contributed by atoms with van der Waals surface area (Å²) in [7, 11) is 0. The molecule has 1 aliphatic carbocycles. The Kier molecular flexibility index (Phi) is 6.70. The summed E-state index contributed by atoms with van der Waals surface area (Å²) in [6.45, 7) is 0. The zero-order valence-electron chi connectivity index (χ0n) is 26.9.